The first-order valence-electron chi connectivity index (χ1n) is 5.03. The number of carbonyl (C=O) groups excluding carboxylic acids is 1. The number of benzene rings is 1. The van der Waals surface area contributed by atoms with Gasteiger partial charge in [-0.15, -0.1) is 0 Å². The minimum absolute atomic E-state index is 0.127. The molecule has 0 heterocycles. The third-order valence-corrected chi connectivity index (χ3v) is 2.26. The second-order valence-electron chi connectivity index (χ2n) is 4.68. The molecule has 0 aliphatic heterocycles. The fourth-order valence-electron chi connectivity index (χ4n) is 1.03. The van der Waals surface area contributed by atoms with Crippen LogP contribution in [0.25, 0.3) is 0 Å². The van der Waals surface area contributed by atoms with Crippen molar-refractivity contribution in [2.75, 3.05) is 0 Å². The monoisotopic (exact) mass is 206 g/mol. The van der Waals surface area contributed by atoms with E-state index in [9.17, 15) is 4.79 Å². The van der Waals surface area contributed by atoms with Gasteiger partial charge in [-0.05, 0) is 17.5 Å². The molecule has 0 fully saturated rings. The van der Waals surface area contributed by atoms with Crippen LogP contribution in [0.3, 0.4) is 0 Å². The molecule has 1 amide bonds. The summed E-state index contributed by atoms with van der Waals surface area (Å²) in [6, 6.07) is 9.07. The summed E-state index contributed by atoms with van der Waals surface area (Å²) in [6.45, 7) is 5.97. The molecule has 15 heavy (non-hydrogen) atoms. The average Bonchev–Trinajstić information content (AvgIpc) is 2.17. The van der Waals surface area contributed by atoms with Gasteiger partial charge in [-0.2, -0.15) is 0 Å². The van der Waals surface area contributed by atoms with E-state index >= 15 is 0 Å². The molecule has 82 valence electrons. The molecule has 0 aliphatic carbocycles. The molecule has 1 unspecified atom stereocenters. The van der Waals surface area contributed by atoms with Crippen LogP contribution in [0.2, 0.25) is 0 Å². The summed E-state index contributed by atoms with van der Waals surface area (Å²) >= 11 is 0. The summed E-state index contributed by atoms with van der Waals surface area (Å²) in [7, 11) is 0. The molecule has 3 N–H and O–H groups in total. The molecule has 0 aliphatic rings. The Bertz CT molecular complexity index is 327. The zero-order valence-electron chi connectivity index (χ0n) is 9.45. The Morgan fingerprint density at radius 3 is 2.27 bits per heavy atom. The molecule has 3 nitrogen and oxygen atoms in total. The second-order valence-corrected chi connectivity index (χ2v) is 4.68. The molecular weight excluding hydrogens is 188 g/mol. The van der Waals surface area contributed by atoms with Gasteiger partial charge < -0.3 is 11.1 Å². The largest absolute Gasteiger partial charge is 0.336 e. The molecule has 0 saturated heterocycles. The van der Waals surface area contributed by atoms with Crippen LogP contribution in [-0.4, -0.2) is 12.1 Å². The minimum atomic E-state index is -0.342. The van der Waals surface area contributed by atoms with E-state index in [1.807, 2.05) is 39.0 Å². The predicted molar refractivity (Wildman–Crippen MR) is 61.3 cm³/mol. The first-order valence-corrected chi connectivity index (χ1v) is 5.03. The number of amides is 1. The van der Waals surface area contributed by atoms with Crippen molar-refractivity contribution in [2.45, 2.75) is 26.9 Å². The standard InChI is InChI=1S/C12H18N2O/c1-12(2,3)11(13)14-10(15)9-7-5-4-6-8-9/h4-8,11H,13H2,1-3H3,(H,14,15). The van der Waals surface area contributed by atoms with Gasteiger partial charge in [0.25, 0.3) is 5.91 Å². The molecule has 0 spiro atoms. The summed E-state index contributed by atoms with van der Waals surface area (Å²) in [5.41, 5.74) is 6.36. The predicted octanol–water partition coefficient (Wildman–Crippen LogP) is 1.75. The van der Waals surface area contributed by atoms with Crippen molar-refractivity contribution in [3.8, 4) is 0 Å². The number of carbonyl (C=O) groups is 1. The molecule has 0 bridgehead atoms. The Balaban J connectivity index is 2.65. The molecular formula is C12H18N2O. The van der Waals surface area contributed by atoms with Crippen LogP contribution < -0.4 is 11.1 Å². The Hall–Kier alpha value is -1.35. The Labute approximate surface area is 90.7 Å². The number of nitrogens with one attached hydrogen (secondary N) is 1. The average molecular weight is 206 g/mol. The molecule has 0 radical (unpaired) electrons. The molecule has 0 aromatic heterocycles. The normalized spacial score (nSPS) is 13.3. The van der Waals surface area contributed by atoms with Crippen LogP contribution in [0.15, 0.2) is 30.3 Å². The first-order chi connectivity index (χ1) is 6.91. The molecule has 0 saturated carbocycles. The zero-order chi connectivity index (χ0) is 11.5. The highest BCUT2D eigenvalue weighted by atomic mass is 16.1. The number of hydrogen-bond donors (Lipinski definition) is 2. The van der Waals surface area contributed by atoms with Gasteiger partial charge in [0.15, 0.2) is 0 Å². The van der Waals surface area contributed by atoms with E-state index in [2.05, 4.69) is 5.32 Å². The molecule has 1 aromatic carbocycles. The van der Waals surface area contributed by atoms with E-state index in [1.165, 1.54) is 0 Å². The van der Waals surface area contributed by atoms with Gasteiger partial charge in [-0.25, -0.2) is 0 Å². The van der Waals surface area contributed by atoms with Gasteiger partial charge >= 0.3 is 0 Å². The summed E-state index contributed by atoms with van der Waals surface area (Å²) in [6.07, 6.45) is -0.342. The fourth-order valence-corrected chi connectivity index (χ4v) is 1.03. The summed E-state index contributed by atoms with van der Waals surface area (Å²) in [4.78, 5) is 11.7. The molecule has 1 atom stereocenters. The third-order valence-electron chi connectivity index (χ3n) is 2.26. The second kappa shape index (κ2) is 4.45. The molecule has 1 rings (SSSR count). The van der Waals surface area contributed by atoms with Crippen molar-refractivity contribution < 1.29 is 4.79 Å². The third kappa shape index (κ3) is 3.36. The number of hydrogen-bond acceptors (Lipinski definition) is 2. The fraction of sp³-hybridized carbons (Fsp3) is 0.417. The van der Waals surface area contributed by atoms with Gasteiger partial charge in [0.1, 0.15) is 0 Å². The van der Waals surface area contributed by atoms with E-state index in [0.29, 0.717) is 5.56 Å². The van der Waals surface area contributed by atoms with E-state index in [1.54, 1.807) is 12.1 Å². The summed E-state index contributed by atoms with van der Waals surface area (Å²) < 4.78 is 0. The van der Waals surface area contributed by atoms with Crippen LogP contribution >= 0.6 is 0 Å². The zero-order valence-corrected chi connectivity index (χ0v) is 9.45. The molecule has 3 heteroatoms. The van der Waals surface area contributed by atoms with Crippen molar-refractivity contribution in [1.82, 2.24) is 5.32 Å². The number of rotatable bonds is 2. The lowest BCUT2D eigenvalue weighted by Crippen LogP contribution is -2.50. The van der Waals surface area contributed by atoms with E-state index < -0.39 is 0 Å². The lowest BCUT2D eigenvalue weighted by Gasteiger charge is -2.27. The van der Waals surface area contributed by atoms with E-state index in [4.69, 9.17) is 5.73 Å². The summed E-state index contributed by atoms with van der Waals surface area (Å²) in [5, 5.41) is 2.77. The maximum atomic E-state index is 11.7. The smallest absolute Gasteiger partial charge is 0.252 e. The maximum Gasteiger partial charge on any atom is 0.252 e. The van der Waals surface area contributed by atoms with Gasteiger partial charge in [0.2, 0.25) is 0 Å². The van der Waals surface area contributed by atoms with Gasteiger partial charge in [0, 0.05) is 5.56 Å². The maximum absolute atomic E-state index is 11.7. The topological polar surface area (TPSA) is 55.1 Å². The minimum Gasteiger partial charge on any atom is -0.336 e. The van der Waals surface area contributed by atoms with Crippen molar-refractivity contribution in [2.24, 2.45) is 11.1 Å². The van der Waals surface area contributed by atoms with Crippen LogP contribution in [0.5, 0.6) is 0 Å². The van der Waals surface area contributed by atoms with Crippen LogP contribution in [0, 0.1) is 5.41 Å². The Morgan fingerprint density at radius 1 is 1.27 bits per heavy atom. The lowest BCUT2D eigenvalue weighted by atomic mass is 9.92. The lowest BCUT2D eigenvalue weighted by molar-refractivity contribution is 0.0905. The quantitative estimate of drug-likeness (QED) is 0.724. The Kier molecular flexibility index (Phi) is 3.48. The highest BCUT2D eigenvalue weighted by Crippen LogP contribution is 2.15. The number of nitrogens with two attached hydrogens (primary N) is 1. The summed E-state index contributed by atoms with van der Waals surface area (Å²) in [5.74, 6) is -0.127. The highest BCUT2D eigenvalue weighted by molar-refractivity contribution is 5.94. The van der Waals surface area contributed by atoms with E-state index in [-0.39, 0.29) is 17.5 Å². The van der Waals surface area contributed by atoms with Gasteiger partial charge in [0.05, 0.1) is 6.17 Å². The first kappa shape index (κ1) is 11.7. The highest BCUT2D eigenvalue weighted by Gasteiger charge is 2.22. The van der Waals surface area contributed by atoms with Crippen LogP contribution in [-0.2, 0) is 0 Å². The van der Waals surface area contributed by atoms with Crippen molar-refractivity contribution in [3.05, 3.63) is 35.9 Å². The van der Waals surface area contributed by atoms with Crippen molar-refractivity contribution in [3.63, 3.8) is 0 Å². The van der Waals surface area contributed by atoms with E-state index in [0.717, 1.165) is 0 Å². The Morgan fingerprint density at radius 2 is 1.80 bits per heavy atom. The van der Waals surface area contributed by atoms with Gasteiger partial charge in [-0.1, -0.05) is 39.0 Å². The van der Waals surface area contributed by atoms with Gasteiger partial charge in [-0.3, -0.25) is 4.79 Å². The van der Waals surface area contributed by atoms with Crippen LogP contribution in [0.4, 0.5) is 0 Å². The van der Waals surface area contributed by atoms with Crippen LogP contribution in [0.1, 0.15) is 31.1 Å². The van der Waals surface area contributed by atoms with Crippen molar-refractivity contribution in [1.29, 1.82) is 0 Å². The molecule has 1 aromatic rings. The van der Waals surface area contributed by atoms with Crippen molar-refractivity contribution >= 4 is 5.91 Å². The SMILES string of the molecule is CC(C)(C)C(N)NC(=O)c1ccccc1.